The van der Waals surface area contributed by atoms with Crippen LogP contribution in [-0.4, -0.2) is 14.7 Å². The van der Waals surface area contributed by atoms with Crippen molar-refractivity contribution < 1.29 is 12.8 Å². The van der Waals surface area contributed by atoms with Gasteiger partial charge in [0, 0.05) is 5.02 Å². The summed E-state index contributed by atoms with van der Waals surface area (Å²) in [4.78, 5) is -0.316. The molecule has 0 bridgehead atoms. The first kappa shape index (κ1) is 17.5. The van der Waals surface area contributed by atoms with E-state index in [1.165, 1.54) is 30.5 Å². The summed E-state index contributed by atoms with van der Waals surface area (Å²) < 4.78 is 30.5. The Labute approximate surface area is 143 Å². The molecule has 0 atom stereocenters. The molecule has 23 heavy (non-hydrogen) atoms. The zero-order chi connectivity index (χ0) is 16.9. The van der Waals surface area contributed by atoms with Gasteiger partial charge in [0.05, 0.1) is 22.7 Å². The Morgan fingerprint density at radius 2 is 2.04 bits per heavy atom. The van der Waals surface area contributed by atoms with Gasteiger partial charge in [0.25, 0.3) is 0 Å². The van der Waals surface area contributed by atoms with Crippen LogP contribution >= 0.6 is 23.4 Å². The zero-order valence-electron chi connectivity index (χ0n) is 12.1. The summed E-state index contributed by atoms with van der Waals surface area (Å²) in [7, 11) is -3.92. The molecule has 5 nitrogen and oxygen atoms in total. The fourth-order valence-corrected chi connectivity index (χ4v) is 4.11. The van der Waals surface area contributed by atoms with Crippen LogP contribution in [0.3, 0.4) is 0 Å². The van der Waals surface area contributed by atoms with E-state index in [1.807, 2.05) is 0 Å². The van der Waals surface area contributed by atoms with Gasteiger partial charge < -0.3 is 9.73 Å². The Morgan fingerprint density at radius 3 is 2.57 bits per heavy atom. The second kappa shape index (κ2) is 7.59. The quantitative estimate of drug-likeness (QED) is 0.785. The van der Waals surface area contributed by atoms with Gasteiger partial charge in [-0.25, -0.2) is 8.42 Å². The summed E-state index contributed by atoms with van der Waals surface area (Å²) in [6.07, 6.45) is 3.22. The number of thioether (sulfide) groups is 1. The van der Waals surface area contributed by atoms with E-state index < -0.39 is 9.84 Å². The van der Waals surface area contributed by atoms with Crippen molar-refractivity contribution in [3.8, 4) is 6.07 Å². The van der Waals surface area contributed by atoms with Gasteiger partial charge in [-0.05, 0) is 42.7 Å². The van der Waals surface area contributed by atoms with Gasteiger partial charge in [-0.15, -0.1) is 11.8 Å². The summed E-state index contributed by atoms with van der Waals surface area (Å²) >= 11 is 6.92. The maximum Gasteiger partial charge on any atom is 0.219 e. The molecule has 1 heterocycles. The molecule has 0 spiro atoms. The number of sulfone groups is 1. The lowest BCUT2D eigenvalue weighted by Gasteiger charge is -2.11. The minimum absolute atomic E-state index is 0.0183. The molecule has 0 radical (unpaired) electrons. The molecular formula is C15H13ClN2O3S2. The molecular weight excluding hydrogens is 356 g/mol. The Bertz CT molecular complexity index is 836. The SMILES string of the molecule is CS/C(NCc1ccco1)=C(/C#N)S(=O)(=O)c1ccc(Cl)cc1. The molecule has 1 aromatic heterocycles. The first-order chi connectivity index (χ1) is 11.0. The highest BCUT2D eigenvalue weighted by molar-refractivity contribution is 8.04. The molecule has 1 aromatic carbocycles. The molecule has 1 N–H and O–H groups in total. The van der Waals surface area contributed by atoms with Crippen molar-refractivity contribution in [3.05, 3.63) is 63.4 Å². The van der Waals surface area contributed by atoms with E-state index >= 15 is 0 Å². The highest BCUT2D eigenvalue weighted by Gasteiger charge is 2.25. The number of hydrogen-bond donors (Lipinski definition) is 1. The molecule has 2 rings (SSSR count). The average molecular weight is 369 g/mol. The van der Waals surface area contributed by atoms with E-state index in [2.05, 4.69) is 5.32 Å². The number of nitrogens with one attached hydrogen (secondary N) is 1. The minimum atomic E-state index is -3.92. The summed E-state index contributed by atoms with van der Waals surface area (Å²) in [6, 6.07) is 11.0. The summed E-state index contributed by atoms with van der Waals surface area (Å²) in [6.45, 7) is 0.282. The summed E-state index contributed by atoms with van der Waals surface area (Å²) in [5.41, 5.74) is 0. The van der Waals surface area contributed by atoms with Crippen molar-refractivity contribution in [1.82, 2.24) is 5.32 Å². The second-order valence-electron chi connectivity index (χ2n) is 4.36. The van der Waals surface area contributed by atoms with Crippen molar-refractivity contribution in [2.45, 2.75) is 11.4 Å². The predicted molar refractivity (Wildman–Crippen MR) is 90.3 cm³/mol. The van der Waals surface area contributed by atoms with Gasteiger partial charge in [0.2, 0.25) is 9.84 Å². The number of rotatable bonds is 6. The van der Waals surface area contributed by atoms with Crippen molar-refractivity contribution in [3.63, 3.8) is 0 Å². The number of hydrogen-bond acceptors (Lipinski definition) is 6. The van der Waals surface area contributed by atoms with Gasteiger partial charge >= 0.3 is 0 Å². The minimum Gasteiger partial charge on any atom is -0.467 e. The smallest absolute Gasteiger partial charge is 0.219 e. The van der Waals surface area contributed by atoms with Crippen LogP contribution in [0.2, 0.25) is 5.02 Å². The third kappa shape index (κ3) is 4.10. The van der Waals surface area contributed by atoms with Crippen LogP contribution in [0.25, 0.3) is 0 Å². The normalized spacial score (nSPS) is 12.4. The third-order valence-corrected chi connectivity index (χ3v) is 5.77. The van der Waals surface area contributed by atoms with Crippen LogP contribution in [0.5, 0.6) is 0 Å². The summed E-state index contributed by atoms with van der Waals surface area (Å²) in [5, 5.41) is 13.0. The van der Waals surface area contributed by atoms with Gasteiger partial charge in [0.1, 0.15) is 11.8 Å². The van der Waals surface area contributed by atoms with Crippen LogP contribution in [0.1, 0.15) is 5.76 Å². The lowest BCUT2D eigenvalue weighted by molar-refractivity contribution is 0.498. The fraction of sp³-hybridized carbons (Fsp3) is 0.133. The van der Waals surface area contributed by atoms with Gasteiger partial charge in [0.15, 0.2) is 4.91 Å². The van der Waals surface area contributed by atoms with Crippen LogP contribution in [0.15, 0.2) is 61.9 Å². The highest BCUT2D eigenvalue weighted by Crippen LogP contribution is 2.26. The van der Waals surface area contributed by atoms with Crippen molar-refractivity contribution in [2.75, 3.05) is 6.26 Å². The number of furan rings is 1. The second-order valence-corrected chi connectivity index (χ2v) is 7.50. The van der Waals surface area contributed by atoms with E-state index in [9.17, 15) is 13.7 Å². The molecule has 0 aliphatic rings. The Balaban J connectivity index is 2.37. The van der Waals surface area contributed by atoms with E-state index in [1.54, 1.807) is 24.5 Å². The van der Waals surface area contributed by atoms with Crippen molar-refractivity contribution >= 4 is 33.2 Å². The third-order valence-electron chi connectivity index (χ3n) is 2.91. The van der Waals surface area contributed by atoms with E-state index in [4.69, 9.17) is 16.0 Å². The lowest BCUT2D eigenvalue weighted by atomic mass is 10.4. The van der Waals surface area contributed by atoms with Crippen molar-refractivity contribution in [2.24, 2.45) is 0 Å². The number of nitriles is 1. The van der Waals surface area contributed by atoms with Gasteiger partial charge in [-0.2, -0.15) is 5.26 Å². The number of allylic oxidation sites excluding steroid dienone is 1. The predicted octanol–water partition coefficient (Wildman–Crippen LogP) is 3.55. The Morgan fingerprint density at radius 1 is 1.35 bits per heavy atom. The van der Waals surface area contributed by atoms with Crippen LogP contribution in [0.4, 0.5) is 0 Å². The molecule has 120 valence electrons. The van der Waals surface area contributed by atoms with Gasteiger partial charge in [-0.3, -0.25) is 0 Å². The van der Waals surface area contributed by atoms with E-state index in [0.29, 0.717) is 10.8 Å². The van der Waals surface area contributed by atoms with E-state index in [-0.39, 0.29) is 21.4 Å². The number of benzene rings is 1. The monoisotopic (exact) mass is 368 g/mol. The lowest BCUT2D eigenvalue weighted by Crippen LogP contribution is -2.16. The average Bonchev–Trinajstić information content (AvgIpc) is 3.05. The largest absolute Gasteiger partial charge is 0.467 e. The Hall–Kier alpha value is -1.88. The number of halogens is 1. The summed E-state index contributed by atoms with van der Waals surface area (Å²) in [5.74, 6) is 0.637. The molecule has 0 saturated heterocycles. The van der Waals surface area contributed by atoms with Crippen LogP contribution in [-0.2, 0) is 16.4 Å². The molecule has 0 amide bonds. The van der Waals surface area contributed by atoms with Gasteiger partial charge in [-0.1, -0.05) is 11.6 Å². The van der Waals surface area contributed by atoms with Crippen LogP contribution in [0, 0.1) is 11.3 Å². The molecule has 0 saturated carbocycles. The molecule has 0 aliphatic heterocycles. The number of nitrogens with zero attached hydrogens (tertiary/aromatic N) is 1. The van der Waals surface area contributed by atoms with Crippen molar-refractivity contribution in [1.29, 1.82) is 5.26 Å². The first-order valence-electron chi connectivity index (χ1n) is 6.44. The molecule has 0 aliphatic carbocycles. The van der Waals surface area contributed by atoms with E-state index in [0.717, 1.165) is 11.8 Å². The zero-order valence-corrected chi connectivity index (χ0v) is 14.5. The molecule has 8 heteroatoms. The Kier molecular flexibility index (Phi) is 5.77. The topological polar surface area (TPSA) is 83.1 Å². The molecule has 2 aromatic rings. The first-order valence-corrected chi connectivity index (χ1v) is 9.53. The van der Waals surface area contributed by atoms with Crippen LogP contribution < -0.4 is 5.32 Å². The fourth-order valence-electron chi connectivity index (χ4n) is 1.79. The molecule has 0 fully saturated rings. The maximum absolute atomic E-state index is 12.6. The highest BCUT2D eigenvalue weighted by atomic mass is 35.5. The maximum atomic E-state index is 12.6. The standard InChI is InChI=1S/C15H13ClN2O3S2/c1-22-15(18-10-12-3-2-8-21-12)14(9-17)23(19,20)13-6-4-11(16)5-7-13/h2-8,18H,10H2,1H3/b15-14-. The molecule has 0 unspecified atom stereocenters.